The molecule has 1 aromatic rings. The van der Waals surface area contributed by atoms with Crippen molar-refractivity contribution >= 4 is 11.9 Å². The van der Waals surface area contributed by atoms with E-state index in [1.54, 1.807) is 21.0 Å². The molecule has 0 radical (unpaired) electrons. The number of benzene rings is 1. The molecule has 110 valence electrons. The molecule has 0 aliphatic heterocycles. The van der Waals surface area contributed by atoms with Crippen molar-refractivity contribution < 1.29 is 19.1 Å². The van der Waals surface area contributed by atoms with Crippen molar-refractivity contribution in [3.05, 3.63) is 29.3 Å². The molecule has 0 aliphatic rings. The van der Waals surface area contributed by atoms with Crippen LogP contribution in [0.2, 0.25) is 0 Å². The highest BCUT2D eigenvalue weighted by molar-refractivity contribution is 5.85. The Bertz CT molecular complexity index is 485. The number of carbonyl (C=O) groups excluding carboxylic acids is 2. The Morgan fingerprint density at radius 2 is 2.05 bits per heavy atom. The van der Waals surface area contributed by atoms with Crippen molar-refractivity contribution in [1.29, 1.82) is 0 Å². The fourth-order valence-electron chi connectivity index (χ4n) is 1.84. The number of esters is 1. The zero-order valence-corrected chi connectivity index (χ0v) is 12.4. The van der Waals surface area contributed by atoms with Gasteiger partial charge < -0.3 is 14.8 Å². The molecule has 5 nitrogen and oxygen atoms in total. The summed E-state index contributed by atoms with van der Waals surface area (Å²) in [6.07, 6.45) is 0.161. The first kappa shape index (κ1) is 16.0. The molecule has 1 aromatic carbocycles. The van der Waals surface area contributed by atoms with E-state index in [1.807, 2.05) is 25.1 Å². The van der Waals surface area contributed by atoms with Gasteiger partial charge in [-0.1, -0.05) is 17.7 Å². The second kappa shape index (κ2) is 7.53. The van der Waals surface area contributed by atoms with Crippen LogP contribution in [0, 0.1) is 6.92 Å². The minimum absolute atomic E-state index is 0.161. The van der Waals surface area contributed by atoms with E-state index >= 15 is 0 Å². The first-order chi connectivity index (χ1) is 9.47. The van der Waals surface area contributed by atoms with E-state index in [-0.39, 0.29) is 12.3 Å². The van der Waals surface area contributed by atoms with Gasteiger partial charge in [0.2, 0.25) is 5.91 Å². The Balaban J connectivity index is 2.67. The first-order valence-electron chi connectivity index (χ1n) is 6.57. The Kier molecular flexibility index (Phi) is 6.03. The number of aryl methyl sites for hydroxylation is 1. The van der Waals surface area contributed by atoms with Gasteiger partial charge in [-0.05, 0) is 26.8 Å². The molecule has 0 fully saturated rings. The van der Waals surface area contributed by atoms with Crippen LogP contribution < -0.4 is 10.1 Å². The van der Waals surface area contributed by atoms with Crippen molar-refractivity contribution in [2.75, 3.05) is 13.7 Å². The van der Waals surface area contributed by atoms with Crippen molar-refractivity contribution in [2.45, 2.75) is 33.2 Å². The van der Waals surface area contributed by atoms with Gasteiger partial charge >= 0.3 is 5.97 Å². The van der Waals surface area contributed by atoms with Crippen LogP contribution in [0.4, 0.5) is 0 Å². The Labute approximate surface area is 119 Å². The van der Waals surface area contributed by atoms with Gasteiger partial charge in [-0.25, -0.2) is 4.79 Å². The normalized spacial score (nSPS) is 11.6. The molecule has 1 N–H and O–H groups in total. The Hall–Kier alpha value is -2.04. The van der Waals surface area contributed by atoms with Gasteiger partial charge in [0.1, 0.15) is 11.8 Å². The Morgan fingerprint density at radius 1 is 1.35 bits per heavy atom. The highest BCUT2D eigenvalue weighted by Crippen LogP contribution is 2.20. The van der Waals surface area contributed by atoms with Gasteiger partial charge in [0, 0.05) is 5.56 Å². The molecule has 0 heterocycles. The largest absolute Gasteiger partial charge is 0.496 e. The van der Waals surface area contributed by atoms with Crippen LogP contribution in [0.3, 0.4) is 0 Å². The van der Waals surface area contributed by atoms with Gasteiger partial charge in [-0.3, -0.25) is 4.79 Å². The summed E-state index contributed by atoms with van der Waals surface area (Å²) >= 11 is 0. The number of amides is 1. The lowest BCUT2D eigenvalue weighted by atomic mass is 10.1. The van der Waals surface area contributed by atoms with Crippen molar-refractivity contribution in [1.82, 2.24) is 5.32 Å². The van der Waals surface area contributed by atoms with E-state index in [2.05, 4.69) is 5.32 Å². The fraction of sp³-hybridized carbons (Fsp3) is 0.467. The molecule has 5 heteroatoms. The molecular formula is C15H21NO4. The van der Waals surface area contributed by atoms with Crippen LogP contribution in [-0.2, 0) is 20.7 Å². The number of rotatable bonds is 6. The standard InChI is InChI=1S/C15H21NO4/c1-5-20-15(18)11(3)16-14(17)9-12-8-10(2)6-7-13(12)19-4/h6-8,11H,5,9H2,1-4H3,(H,16,17). The van der Waals surface area contributed by atoms with Crippen LogP contribution in [0.5, 0.6) is 5.75 Å². The zero-order valence-electron chi connectivity index (χ0n) is 12.4. The summed E-state index contributed by atoms with van der Waals surface area (Å²) < 4.78 is 10.1. The number of hydrogen-bond donors (Lipinski definition) is 1. The number of methoxy groups -OCH3 is 1. The molecule has 0 aromatic heterocycles. The number of carbonyl (C=O) groups is 2. The predicted octanol–water partition coefficient (Wildman–Crippen LogP) is 1.61. The second-order valence-corrected chi connectivity index (χ2v) is 4.53. The summed E-state index contributed by atoms with van der Waals surface area (Å²) in [5.41, 5.74) is 1.84. The Morgan fingerprint density at radius 3 is 2.65 bits per heavy atom. The molecule has 0 spiro atoms. The second-order valence-electron chi connectivity index (χ2n) is 4.53. The van der Waals surface area contributed by atoms with Gasteiger partial charge in [0.05, 0.1) is 20.1 Å². The van der Waals surface area contributed by atoms with Crippen LogP contribution >= 0.6 is 0 Å². The van der Waals surface area contributed by atoms with E-state index in [0.717, 1.165) is 11.1 Å². The van der Waals surface area contributed by atoms with Crippen molar-refractivity contribution in [3.63, 3.8) is 0 Å². The summed E-state index contributed by atoms with van der Waals surface area (Å²) in [6, 6.07) is 4.99. The SMILES string of the molecule is CCOC(=O)C(C)NC(=O)Cc1cc(C)ccc1OC. The van der Waals surface area contributed by atoms with Crippen LogP contribution in [0.15, 0.2) is 18.2 Å². The number of hydrogen-bond acceptors (Lipinski definition) is 4. The van der Waals surface area contributed by atoms with Gasteiger partial charge in [-0.15, -0.1) is 0 Å². The van der Waals surface area contributed by atoms with Crippen LogP contribution in [0.25, 0.3) is 0 Å². The maximum atomic E-state index is 11.9. The molecule has 1 rings (SSSR count). The fourth-order valence-corrected chi connectivity index (χ4v) is 1.84. The van der Waals surface area contributed by atoms with Crippen LogP contribution in [0.1, 0.15) is 25.0 Å². The molecule has 1 unspecified atom stereocenters. The minimum atomic E-state index is -0.654. The lowest BCUT2D eigenvalue weighted by molar-refractivity contribution is -0.146. The molecule has 20 heavy (non-hydrogen) atoms. The van der Waals surface area contributed by atoms with E-state index < -0.39 is 12.0 Å². The van der Waals surface area contributed by atoms with Gasteiger partial charge in [0.25, 0.3) is 0 Å². The third kappa shape index (κ3) is 4.57. The third-order valence-electron chi connectivity index (χ3n) is 2.80. The summed E-state index contributed by atoms with van der Waals surface area (Å²) in [5, 5.41) is 2.61. The van der Waals surface area contributed by atoms with Crippen molar-refractivity contribution in [3.8, 4) is 5.75 Å². The minimum Gasteiger partial charge on any atom is -0.496 e. The highest BCUT2D eigenvalue weighted by atomic mass is 16.5. The molecule has 0 aliphatic carbocycles. The average Bonchev–Trinajstić information content (AvgIpc) is 2.39. The summed E-state index contributed by atoms with van der Waals surface area (Å²) in [5.74, 6) is -0.0129. The smallest absolute Gasteiger partial charge is 0.328 e. The zero-order chi connectivity index (χ0) is 15.1. The highest BCUT2D eigenvalue weighted by Gasteiger charge is 2.17. The molecule has 0 saturated carbocycles. The molecule has 1 atom stereocenters. The topological polar surface area (TPSA) is 64.6 Å². The maximum Gasteiger partial charge on any atom is 0.328 e. The third-order valence-corrected chi connectivity index (χ3v) is 2.80. The van der Waals surface area contributed by atoms with E-state index in [9.17, 15) is 9.59 Å². The molecule has 0 saturated heterocycles. The molecule has 0 bridgehead atoms. The van der Waals surface area contributed by atoms with E-state index in [0.29, 0.717) is 12.4 Å². The predicted molar refractivity (Wildman–Crippen MR) is 75.7 cm³/mol. The van der Waals surface area contributed by atoms with E-state index in [1.165, 1.54) is 0 Å². The lowest BCUT2D eigenvalue weighted by Gasteiger charge is -2.14. The molecule has 1 amide bonds. The number of nitrogens with one attached hydrogen (secondary N) is 1. The van der Waals surface area contributed by atoms with E-state index in [4.69, 9.17) is 9.47 Å². The summed E-state index contributed by atoms with van der Waals surface area (Å²) in [6.45, 7) is 5.57. The summed E-state index contributed by atoms with van der Waals surface area (Å²) in [7, 11) is 1.56. The van der Waals surface area contributed by atoms with Crippen LogP contribution in [-0.4, -0.2) is 31.6 Å². The molecular weight excluding hydrogens is 258 g/mol. The monoisotopic (exact) mass is 279 g/mol. The first-order valence-corrected chi connectivity index (χ1v) is 6.57. The number of ether oxygens (including phenoxy) is 2. The average molecular weight is 279 g/mol. The summed E-state index contributed by atoms with van der Waals surface area (Å²) in [4.78, 5) is 23.4. The quantitative estimate of drug-likeness (QED) is 0.804. The lowest BCUT2D eigenvalue weighted by Crippen LogP contribution is -2.40. The van der Waals surface area contributed by atoms with Gasteiger partial charge in [-0.2, -0.15) is 0 Å². The maximum absolute atomic E-state index is 11.9. The van der Waals surface area contributed by atoms with Crippen molar-refractivity contribution in [2.24, 2.45) is 0 Å². The van der Waals surface area contributed by atoms with Gasteiger partial charge in [0.15, 0.2) is 0 Å².